The molecule has 0 spiro atoms. The third-order valence-corrected chi connectivity index (χ3v) is 7.77. The lowest BCUT2D eigenvalue weighted by atomic mass is 10.0. The van der Waals surface area contributed by atoms with Gasteiger partial charge in [-0.15, -0.1) is 10.2 Å². The SMILES string of the molecule is COc1ccc(CCn2c(Cc3ccccc3)nnc2SCC(=O)Nc2c(C)ccc3ccccc23)cc1OC. The highest BCUT2D eigenvalue weighted by Gasteiger charge is 2.16. The standard InChI is InChI=1S/C32H32N4O3S/c1-22-13-15-25-11-7-8-12-26(25)31(22)33-30(37)21-40-32-35-34-29(20-23-9-5-4-6-10-23)36(32)18-17-24-14-16-27(38-2)28(19-24)39-3/h4-16,19H,17-18,20-21H2,1-3H3,(H,33,37). The number of methoxy groups -OCH3 is 2. The average molecular weight is 553 g/mol. The van der Waals surface area contributed by atoms with Crippen molar-refractivity contribution in [1.29, 1.82) is 0 Å². The van der Waals surface area contributed by atoms with Crippen molar-refractivity contribution in [3.05, 3.63) is 107 Å². The maximum absolute atomic E-state index is 13.1. The Labute approximate surface area is 238 Å². The van der Waals surface area contributed by atoms with Crippen LogP contribution in [0, 0.1) is 6.92 Å². The predicted octanol–water partition coefficient (Wildman–Crippen LogP) is 6.32. The first kappa shape index (κ1) is 27.3. The molecule has 40 heavy (non-hydrogen) atoms. The summed E-state index contributed by atoms with van der Waals surface area (Å²) < 4.78 is 13.0. The van der Waals surface area contributed by atoms with Gasteiger partial charge in [-0.1, -0.05) is 84.6 Å². The van der Waals surface area contributed by atoms with E-state index in [1.54, 1.807) is 14.2 Å². The number of aryl methyl sites for hydroxylation is 2. The largest absolute Gasteiger partial charge is 0.493 e. The predicted molar refractivity (Wildman–Crippen MR) is 161 cm³/mol. The van der Waals surface area contributed by atoms with Crippen LogP contribution in [0.3, 0.4) is 0 Å². The molecule has 1 amide bonds. The molecule has 1 aromatic heterocycles. The molecule has 0 saturated carbocycles. The molecule has 5 aromatic rings. The topological polar surface area (TPSA) is 78.3 Å². The summed E-state index contributed by atoms with van der Waals surface area (Å²) in [5.41, 5.74) is 4.14. The van der Waals surface area contributed by atoms with Gasteiger partial charge in [0.05, 0.1) is 25.7 Å². The Morgan fingerprint density at radius 2 is 1.65 bits per heavy atom. The van der Waals surface area contributed by atoms with Crippen molar-refractivity contribution in [1.82, 2.24) is 14.8 Å². The minimum absolute atomic E-state index is 0.0801. The van der Waals surface area contributed by atoms with Gasteiger partial charge in [-0.25, -0.2) is 0 Å². The lowest BCUT2D eigenvalue weighted by Crippen LogP contribution is -2.16. The van der Waals surface area contributed by atoms with Crippen LogP contribution in [0.25, 0.3) is 10.8 Å². The van der Waals surface area contributed by atoms with E-state index in [9.17, 15) is 4.79 Å². The van der Waals surface area contributed by atoms with E-state index in [0.29, 0.717) is 24.5 Å². The first-order chi connectivity index (χ1) is 19.6. The molecule has 1 heterocycles. The van der Waals surface area contributed by atoms with E-state index in [1.807, 2.05) is 73.7 Å². The van der Waals surface area contributed by atoms with Crippen LogP contribution in [0.15, 0.2) is 90.1 Å². The average Bonchev–Trinajstić information content (AvgIpc) is 3.37. The van der Waals surface area contributed by atoms with Gasteiger partial charge in [-0.3, -0.25) is 4.79 Å². The highest BCUT2D eigenvalue weighted by molar-refractivity contribution is 7.99. The molecule has 0 aliphatic heterocycles. The van der Waals surface area contributed by atoms with E-state index in [0.717, 1.165) is 50.6 Å². The van der Waals surface area contributed by atoms with Crippen LogP contribution in [0.5, 0.6) is 11.5 Å². The minimum atomic E-state index is -0.0801. The number of carbonyl (C=O) groups is 1. The van der Waals surface area contributed by atoms with Crippen LogP contribution in [0.2, 0.25) is 0 Å². The Balaban J connectivity index is 1.34. The molecule has 0 unspecified atom stereocenters. The van der Waals surface area contributed by atoms with E-state index in [1.165, 1.54) is 11.8 Å². The fourth-order valence-corrected chi connectivity index (χ4v) is 5.47. The highest BCUT2D eigenvalue weighted by Crippen LogP contribution is 2.29. The van der Waals surface area contributed by atoms with E-state index < -0.39 is 0 Å². The zero-order valence-corrected chi connectivity index (χ0v) is 23.7. The first-order valence-electron chi connectivity index (χ1n) is 13.1. The van der Waals surface area contributed by atoms with Crippen molar-refractivity contribution >= 4 is 34.1 Å². The van der Waals surface area contributed by atoms with Crippen LogP contribution in [-0.2, 0) is 24.2 Å². The van der Waals surface area contributed by atoms with Crippen molar-refractivity contribution in [2.45, 2.75) is 31.5 Å². The number of nitrogens with one attached hydrogen (secondary N) is 1. The second-order valence-corrected chi connectivity index (χ2v) is 10.4. The molecule has 0 bridgehead atoms. The molecule has 0 radical (unpaired) electrons. The lowest BCUT2D eigenvalue weighted by molar-refractivity contribution is -0.113. The number of carbonyl (C=O) groups excluding carboxylic acids is 1. The number of thioether (sulfide) groups is 1. The summed E-state index contributed by atoms with van der Waals surface area (Å²) in [4.78, 5) is 13.1. The van der Waals surface area contributed by atoms with Crippen LogP contribution in [-0.4, -0.2) is 40.6 Å². The summed E-state index contributed by atoms with van der Waals surface area (Å²) in [7, 11) is 3.27. The first-order valence-corrected chi connectivity index (χ1v) is 14.1. The second-order valence-electron chi connectivity index (χ2n) is 9.47. The smallest absolute Gasteiger partial charge is 0.234 e. The summed E-state index contributed by atoms with van der Waals surface area (Å²) in [6.07, 6.45) is 1.40. The monoisotopic (exact) mass is 552 g/mol. The molecular weight excluding hydrogens is 520 g/mol. The van der Waals surface area contributed by atoms with Gasteiger partial charge in [0, 0.05) is 18.4 Å². The molecule has 7 nitrogen and oxygen atoms in total. The Morgan fingerprint density at radius 3 is 2.45 bits per heavy atom. The molecule has 0 atom stereocenters. The molecule has 0 aliphatic carbocycles. The van der Waals surface area contributed by atoms with Gasteiger partial charge < -0.3 is 19.4 Å². The number of fused-ring (bicyclic) bond motifs is 1. The molecule has 8 heteroatoms. The summed E-state index contributed by atoms with van der Waals surface area (Å²) in [5, 5.41) is 15.0. The fraction of sp³-hybridized carbons (Fsp3) is 0.219. The van der Waals surface area contributed by atoms with Crippen molar-refractivity contribution in [3.8, 4) is 11.5 Å². The van der Waals surface area contributed by atoms with E-state index in [2.05, 4.69) is 38.3 Å². The Hall–Kier alpha value is -4.30. The number of rotatable bonds is 11. The molecule has 5 rings (SSSR count). The van der Waals surface area contributed by atoms with Crippen LogP contribution < -0.4 is 14.8 Å². The van der Waals surface area contributed by atoms with Crippen molar-refractivity contribution in [2.24, 2.45) is 0 Å². The van der Waals surface area contributed by atoms with E-state index in [-0.39, 0.29) is 11.7 Å². The number of amides is 1. The lowest BCUT2D eigenvalue weighted by Gasteiger charge is -2.13. The maximum atomic E-state index is 13.1. The molecular formula is C32H32N4O3S. The van der Waals surface area contributed by atoms with Crippen molar-refractivity contribution < 1.29 is 14.3 Å². The van der Waals surface area contributed by atoms with Gasteiger partial charge in [-0.05, 0) is 47.6 Å². The van der Waals surface area contributed by atoms with E-state index in [4.69, 9.17) is 9.47 Å². The maximum Gasteiger partial charge on any atom is 0.234 e. The van der Waals surface area contributed by atoms with Gasteiger partial charge in [0.2, 0.25) is 5.91 Å². The summed E-state index contributed by atoms with van der Waals surface area (Å²) >= 11 is 1.40. The molecule has 0 saturated heterocycles. The minimum Gasteiger partial charge on any atom is -0.493 e. The summed E-state index contributed by atoms with van der Waals surface area (Å²) in [6.45, 7) is 2.67. The Bertz CT molecular complexity index is 1620. The third kappa shape index (κ3) is 6.29. The van der Waals surface area contributed by atoms with Crippen LogP contribution in [0.1, 0.15) is 22.5 Å². The third-order valence-electron chi connectivity index (χ3n) is 6.80. The van der Waals surface area contributed by atoms with Gasteiger partial charge >= 0.3 is 0 Å². The Morgan fingerprint density at radius 1 is 0.875 bits per heavy atom. The van der Waals surface area contributed by atoms with Crippen molar-refractivity contribution in [2.75, 3.05) is 25.3 Å². The number of aromatic nitrogens is 3. The van der Waals surface area contributed by atoms with Gasteiger partial charge in [0.15, 0.2) is 16.7 Å². The quantitative estimate of drug-likeness (QED) is 0.193. The Kier molecular flexibility index (Phi) is 8.66. The summed E-state index contributed by atoms with van der Waals surface area (Å²) in [5.74, 6) is 2.40. The highest BCUT2D eigenvalue weighted by atomic mass is 32.2. The molecule has 1 N–H and O–H groups in total. The van der Waals surface area contributed by atoms with Gasteiger partial charge in [0.1, 0.15) is 5.82 Å². The summed E-state index contributed by atoms with van der Waals surface area (Å²) in [6, 6.07) is 28.3. The van der Waals surface area contributed by atoms with Gasteiger partial charge in [0.25, 0.3) is 0 Å². The second kappa shape index (κ2) is 12.7. The fourth-order valence-electron chi connectivity index (χ4n) is 4.69. The number of ether oxygens (including phenoxy) is 2. The van der Waals surface area contributed by atoms with Crippen molar-refractivity contribution in [3.63, 3.8) is 0 Å². The number of hydrogen-bond acceptors (Lipinski definition) is 6. The van der Waals surface area contributed by atoms with E-state index >= 15 is 0 Å². The van der Waals surface area contributed by atoms with Gasteiger partial charge in [-0.2, -0.15) is 0 Å². The number of hydrogen-bond donors (Lipinski definition) is 1. The zero-order chi connectivity index (χ0) is 27.9. The molecule has 4 aromatic carbocycles. The van der Waals surface area contributed by atoms with Crippen LogP contribution >= 0.6 is 11.8 Å². The molecule has 204 valence electrons. The number of benzene rings is 4. The zero-order valence-electron chi connectivity index (χ0n) is 22.9. The number of nitrogens with zero attached hydrogens (tertiary/aromatic N) is 3. The number of anilines is 1. The normalized spacial score (nSPS) is 11.0. The van der Waals surface area contributed by atoms with Crippen LogP contribution in [0.4, 0.5) is 5.69 Å². The molecule has 0 aliphatic rings. The molecule has 0 fully saturated rings.